The summed E-state index contributed by atoms with van der Waals surface area (Å²) >= 11 is 0. The number of hydrogen-bond acceptors (Lipinski definition) is 11. The first-order chi connectivity index (χ1) is 11.8. The normalized spacial score (nSPS) is 23.0. The topological polar surface area (TPSA) is 203 Å². The Morgan fingerprint density at radius 3 is 1.73 bits per heavy atom. The molecule has 0 aromatic heterocycles. The van der Waals surface area contributed by atoms with E-state index in [1.54, 1.807) is 6.92 Å². The van der Waals surface area contributed by atoms with Crippen LogP contribution >= 0.6 is 7.26 Å². The average molecular weight is 426 g/mol. The second-order valence-corrected chi connectivity index (χ2v) is 9.93. The number of hydrogen-bond donors (Lipinski definition) is 5. The summed E-state index contributed by atoms with van der Waals surface area (Å²) in [6, 6.07) is 0. The van der Waals surface area contributed by atoms with Crippen molar-refractivity contribution in [3.63, 3.8) is 0 Å². The van der Waals surface area contributed by atoms with Crippen molar-refractivity contribution in [1.82, 2.24) is 0 Å². The third kappa shape index (κ3) is 15.8. The molecule has 0 radical (unpaired) electrons. The molecule has 1 aliphatic heterocycles. The zero-order chi connectivity index (χ0) is 21.0. The Morgan fingerprint density at radius 1 is 1.12 bits per heavy atom. The van der Waals surface area contributed by atoms with Gasteiger partial charge in [0.2, 0.25) is 16.7 Å². The van der Waals surface area contributed by atoms with Crippen molar-refractivity contribution in [2.24, 2.45) is 0 Å². The number of aliphatic hydroxyl groups excluding tert-OH is 4. The largest absolute Gasteiger partial charge is 0.726 e. The molecule has 0 spiro atoms. The van der Waals surface area contributed by atoms with Gasteiger partial charge in [0.05, 0.1) is 6.10 Å². The quantitative estimate of drug-likeness (QED) is 0.153. The highest BCUT2D eigenvalue weighted by molar-refractivity contribution is 7.79. The van der Waals surface area contributed by atoms with Crippen LogP contribution in [0.3, 0.4) is 0 Å². The highest BCUT2D eigenvalue weighted by atomic mass is 32.3. The van der Waals surface area contributed by atoms with Crippen molar-refractivity contribution in [1.29, 1.82) is 0 Å². The molecule has 14 heteroatoms. The molecule has 0 bridgehead atoms. The molecule has 0 aliphatic carbocycles. The summed E-state index contributed by atoms with van der Waals surface area (Å²) in [6.45, 7) is 5.08. The Hall–Kier alpha value is -0.470. The van der Waals surface area contributed by atoms with Gasteiger partial charge < -0.3 is 39.2 Å². The van der Waals surface area contributed by atoms with E-state index in [2.05, 4.69) is 0 Å². The van der Waals surface area contributed by atoms with Crippen LogP contribution in [0.2, 0.25) is 0 Å². The maximum Gasteiger partial charge on any atom is 0.304 e. The van der Waals surface area contributed by atoms with Crippen LogP contribution in [0.5, 0.6) is 0 Å². The molecular weight excluding hydrogens is 399 g/mol. The van der Waals surface area contributed by atoms with Gasteiger partial charge in [-0.3, -0.25) is 9.35 Å². The summed E-state index contributed by atoms with van der Waals surface area (Å²) in [4.78, 5) is 10.6. The van der Waals surface area contributed by atoms with Gasteiger partial charge in [0, 0.05) is 13.3 Å². The first kappa shape index (κ1) is 27.7. The number of carbonyl (C=O) groups is 1. The fraction of sp³-hybridized carbons (Fsp3) is 0.917. The molecule has 1 rings (SSSR count). The Labute approximate surface area is 152 Å². The molecular formula is C12H27O12PS. The molecule has 12 nitrogen and oxygen atoms in total. The summed E-state index contributed by atoms with van der Waals surface area (Å²) < 4.78 is 48.2. The molecule has 0 saturated carbocycles. The summed E-state index contributed by atoms with van der Waals surface area (Å²) in [5.41, 5.74) is 0. The molecule has 5 N–H and O–H groups in total. The predicted molar refractivity (Wildman–Crippen MR) is 88.9 cm³/mol. The molecule has 3 unspecified atom stereocenters. The Morgan fingerprint density at radius 2 is 1.50 bits per heavy atom. The van der Waals surface area contributed by atoms with Gasteiger partial charge in [0.25, 0.3) is 0 Å². The minimum atomic E-state index is -4.92. The standard InChI is InChI=1S/C8H14O4.C4H12O4P.H2O4S/c1-5-4-8(11-6(2)9)12-7(3)10-5;5-1-9(2-6,3-7)4-8;1-5(2,3)4/h5,7-8H,4H2,1-3H3;5-8H,1-4H2;(H2,1,2,3,4)/q;+1;/p-1. The summed E-state index contributed by atoms with van der Waals surface area (Å²) in [5.74, 6) is -0.318. The van der Waals surface area contributed by atoms with Crippen LogP contribution in [-0.4, -0.2) is 88.0 Å². The number of aliphatic hydroxyl groups is 4. The molecule has 0 aromatic carbocycles. The maximum atomic E-state index is 10.6. The van der Waals surface area contributed by atoms with Crippen LogP contribution < -0.4 is 0 Å². The molecule has 0 amide bonds. The van der Waals surface area contributed by atoms with Crippen molar-refractivity contribution in [2.45, 2.75) is 45.9 Å². The third-order valence-electron chi connectivity index (χ3n) is 2.79. The second kappa shape index (κ2) is 13.7. The van der Waals surface area contributed by atoms with E-state index in [-0.39, 0.29) is 43.8 Å². The number of carbonyl (C=O) groups excluding carboxylic acids is 1. The molecule has 3 atom stereocenters. The van der Waals surface area contributed by atoms with Gasteiger partial charge in [-0.2, -0.15) is 0 Å². The highest BCUT2D eigenvalue weighted by Gasteiger charge is 2.34. The lowest BCUT2D eigenvalue weighted by Crippen LogP contribution is -2.37. The summed E-state index contributed by atoms with van der Waals surface area (Å²) in [7, 11) is -7.11. The van der Waals surface area contributed by atoms with Crippen LogP contribution in [-0.2, 0) is 29.4 Å². The van der Waals surface area contributed by atoms with Gasteiger partial charge in [0.15, 0.2) is 31.7 Å². The Kier molecular flexibility index (Phi) is 14.6. The predicted octanol–water partition coefficient (Wildman–Crippen LogP) is -1.15. The molecule has 26 heavy (non-hydrogen) atoms. The van der Waals surface area contributed by atoms with E-state index < -0.39 is 24.0 Å². The SMILES string of the molecule is CC(=O)OC1CC(C)OC(C)O1.O=S(=O)([O-])O.OC[P+](CO)(CO)CO. The fourth-order valence-corrected chi connectivity index (χ4v) is 2.02. The highest BCUT2D eigenvalue weighted by Crippen LogP contribution is 2.54. The van der Waals surface area contributed by atoms with Crippen molar-refractivity contribution in [2.75, 3.05) is 25.4 Å². The van der Waals surface area contributed by atoms with Crippen LogP contribution in [0.15, 0.2) is 0 Å². The number of rotatable bonds is 5. The smallest absolute Gasteiger partial charge is 0.304 e. The first-order valence-corrected chi connectivity index (χ1v) is 11.2. The average Bonchev–Trinajstić information content (AvgIpc) is 2.47. The van der Waals surface area contributed by atoms with E-state index in [0.29, 0.717) is 6.42 Å². The second-order valence-electron chi connectivity index (χ2n) is 5.26. The van der Waals surface area contributed by atoms with Crippen molar-refractivity contribution in [3.05, 3.63) is 0 Å². The lowest BCUT2D eigenvalue weighted by atomic mass is 10.2. The molecule has 1 aliphatic rings. The van der Waals surface area contributed by atoms with E-state index in [4.69, 9.17) is 52.2 Å². The van der Waals surface area contributed by atoms with E-state index in [0.717, 1.165) is 0 Å². The lowest BCUT2D eigenvalue weighted by molar-refractivity contribution is -0.288. The van der Waals surface area contributed by atoms with Gasteiger partial charge >= 0.3 is 5.97 Å². The Bertz CT molecular complexity index is 445. The van der Waals surface area contributed by atoms with Crippen LogP contribution in [0.4, 0.5) is 0 Å². The molecule has 0 aromatic rings. The van der Waals surface area contributed by atoms with Gasteiger partial charge in [-0.25, -0.2) is 8.42 Å². The van der Waals surface area contributed by atoms with Crippen molar-refractivity contribution in [3.8, 4) is 0 Å². The Balaban J connectivity index is 0. The van der Waals surface area contributed by atoms with E-state index in [9.17, 15) is 4.79 Å². The lowest BCUT2D eigenvalue weighted by Gasteiger charge is -2.31. The van der Waals surface area contributed by atoms with Crippen LogP contribution in [0, 0.1) is 0 Å². The minimum absolute atomic E-state index is 0.0816. The van der Waals surface area contributed by atoms with Gasteiger partial charge in [-0.15, -0.1) is 0 Å². The zero-order valence-electron chi connectivity index (χ0n) is 14.7. The van der Waals surface area contributed by atoms with Crippen LogP contribution in [0.1, 0.15) is 27.2 Å². The maximum absolute atomic E-state index is 10.6. The summed E-state index contributed by atoms with van der Waals surface area (Å²) in [6.07, 6.45) is -1.23. The van der Waals surface area contributed by atoms with Gasteiger partial charge in [0.1, 0.15) is 7.26 Å². The molecule has 1 heterocycles. The first-order valence-electron chi connectivity index (χ1n) is 7.27. The minimum Gasteiger partial charge on any atom is -0.726 e. The van der Waals surface area contributed by atoms with Gasteiger partial charge in [-0.05, 0) is 13.8 Å². The monoisotopic (exact) mass is 426 g/mol. The van der Waals surface area contributed by atoms with Crippen LogP contribution in [0.25, 0.3) is 0 Å². The van der Waals surface area contributed by atoms with E-state index in [1.807, 2.05) is 6.92 Å². The number of esters is 1. The van der Waals surface area contributed by atoms with Crippen molar-refractivity contribution >= 4 is 23.6 Å². The van der Waals surface area contributed by atoms with Crippen molar-refractivity contribution < 1.29 is 57.0 Å². The molecule has 158 valence electrons. The molecule has 1 fully saturated rings. The number of ether oxygens (including phenoxy) is 3. The summed E-state index contributed by atoms with van der Waals surface area (Å²) in [5, 5.41) is 34.2. The third-order valence-corrected chi connectivity index (χ3v) is 5.19. The zero-order valence-corrected chi connectivity index (χ0v) is 16.4. The van der Waals surface area contributed by atoms with E-state index in [1.165, 1.54) is 6.92 Å². The fourth-order valence-electron chi connectivity index (χ4n) is 1.48. The van der Waals surface area contributed by atoms with Gasteiger partial charge in [-0.1, -0.05) is 0 Å². The van der Waals surface area contributed by atoms with E-state index >= 15 is 0 Å². The molecule has 1 saturated heterocycles.